The molecule has 214 valence electrons. The van der Waals surface area contributed by atoms with Gasteiger partial charge in [-0.15, -0.1) is 0 Å². The summed E-state index contributed by atoms with van der Waals surface area (Å²) in [6.07, 6.45) is 0.722. The number of benzene rings is 3. The Balaban J connectivity index is 2.06. The Morgan fingerprint density at radius 2 is 1.68 bits per heavy atom. The summed E-state index contributed by atoms with van der Waals surface area (Å²) in [6.45, 7) is 6.70. The van der Waals surface area contributed by atoms with E-state index in [4.69, 9.17) is 16.3 Å². The maximum Gasteiger partial charge on any atom is 0.264 e. The predicted octanol–water partition coefficient (Wildman–Crippen LogP) is 5.18. The Kier molecular flexibility index (Phi) is 10.6. The Bertz CT molecular complexity index is 1430. The van der Waals surface area contributed by atoms with Crippen molar-refractivity contribution in [2.45, 2.75) is 57.6 Å². The molecule has 0 fully saturated rings. The van der Waals surface area contributed by atoms with Crippen LogP contribution < -0.4 is 14.4 Å². The molecule has 8 nitrogen and oxygen atoms in total. The van der Waals surface area contributed by atoms with E-state index in [9.17, 15) is 18.0 Å². The molecule has 2 atom stereocenters. The predicted molar refractivity (Wildman–Crippen MR) is 158 cm³/mol. The van der Waals surface area contributed by atoms with E-state index in [1.807, 2.05) is 19.9 Å². The number of nitrogens with one attached hydrogen (secondary N) is 1. The molecule has 10 heteroatoms. The number of ether oxygens (including phenoxy) is 1. The Labute approximate surface area is 241 Å². The zero-order valence-electron chi connectivity index (χ0n) is 23.4. The van der Waals surface area contributed by atoms with E-state index in [0.29, 0.717) is 16.3 Å². The molecule has 0 spiro atoms. The lowest BCUT2D eigenvalue weighted by molar-refractivity contribution is -0.139. The lowest BCUT2D eigenvalue weighted by atomic mass is 10.1. The molecular weight excluding hydrogens is 550 g/mol. The molecule has 40 heavy (non-hydrogen) atoms. The molecule has 0 bridgehead atoms. The Morgan fingerprint density at radius 3 is 2.33 bits per heavy atom. The molecule has 0 radical (unpaired) electrons. The number of halogens is 1. The standard InChI is InChI=1S/C30H36ClN3O5S/c1-6-21(2)32-30(36)23(4)33(19-24-12-10-13-25(18-24)39-5)29(35)20-34(28-17-11-16-27(31)22(28)3)40(37,38)26-14-8-7-9-15-26/h7-18,21,23H,6,19-20H2,1-5H3,(H,32,36)/t21-,23-/m0/s1. The van der Waals surface area contributed by atoms with Crippen LogP contribution in [0.3, 0.4) is 0 Å². The SMILES string of the molecule is CC[C@H](C)NC(=O)[C@H](C)N(Cc1cccc(OC)c1)C(=O)CN(c1cccc(Cl)c1C)S(=O)(=O)c1ccccc1. The normalized spacial score (nSPS) is 12.8. The molecule has 1 N–H and O–H groups in total. The lowest BCUT2D eigenvalue weighted by Gasteiger charge is -2.33. The molecule has 3 aromatic carbocycles. The molecule has 0 saturated carbocycles. The third-order valence-electron chi connectivity index (χ3n) is 6.77. The first-order valence-electron chi connectivity index (χ1n) is 13.0. The second kappa shape index (κ2) is 13.7. The van der Waals surface area contributed by atoms with Crippen molar-refractivity contribution in [1.82, 2.24) is 10.2 Å². The van der Waals surface area contributed by atoms with Gasteiger partial charge in [0, 0.05) is 17.6 Å². The van der Waals surface area contributed by atoms with Gasteiger partial charge in [0.15, 0.2) is 0 Å². The largest absolute Gasteiger partial charge is 0.497 e. The highest BCUT2D eigenvalue weighted by Gasteiger charge is 2.33. The van der Waals surface area contributed by atoms with Crippen molar-refractivity contribution < 1.29 is 22.7 Å². The van der Waals surface area contributed by atoms with Crippen LogP contribution in [0.5, 0.6) is 5.75 Å². The number of amides is 2. The van der Waals surface area contributed by atoms with Gasteiger partial charge in [0.05, 0.1) is 17.7 Å². The number of carbonyl (C=O) groups is 2. The second-order valence-corrected chi connectivity index (χ2v) is 11.8. The van der Waals surface area contributed by atoms with Crippen molar-refractivity contribution in [3.63, 3.8) is 0 Å². The van der Waals surface area contributed by atoms with E-state index in [2.05, 4.69) is 5.32 Å². The topological polar surface area (TPSA) is 96.0 Å². The van der Waals surface area contributed by atoms with Gasteiger partial charge in [-0.05, 0) is 74.7 Å². The quantitative estimate of drug-likeness (QED) is 0.316. The number of methoxy groups -OCH3 is 1. The van der Waals surface area contributed by atoms with Crippen LogP contribution in [0, 0.1) is 6.92 Å². The van der Waals surface area contributed by atoms with Crippen LogP contribution in [0.25, 0.3) is 0 Å². The molecule has 0 aliphatic carbocycles. The highest BCUT2D eigenvalue weighted by Crippen LogP contribution is 2.31. The summed E-state index contributed by atoms with van der Waals surface area (Å²) in [4.78, 5) is 28.6. The molecular formula is C30H36ClN3O5S. The average molecular weight is 586 g/mol. The fourth-order valence-electron chi connectivity index (χ4n) is 4.11. The number of carbonyl (C=O) groups excluding carboxylic acids is 2. The van der Waals surface area contributed by atoms with Crippen LogP contribution >= 0.6 is 11.6 Å². The van der Waals surface area contributed by atoms with E-state index in [-0.39, 0.29) is 29.1 Å². The molecule has 0 unspecified atom stereocenters. The highest BCUT2D eigenvalue weighted by atomic mass is 35.5. The Morgan fingerprint density at radius 1 is 1.00 bits per heavy atom. The smallest absolute Gasteiger partial charge is 0.264 e. The maximum absolute atomic E-state index is 14.0. The van der Waals surface area contributed by atoms with Crippen molar-refractivity contribution in [3.05, 3.63) is 88.9 Å². The van der Waals surface area contributed by atoms with E-state index in [1.54, 1.807) is 75.6 Å². The third-order valence-corrected chi connectivity index (χ3v) is 8.96. The van der Waals surface area contributed by atoms with Crippen LogP contribution in [-0.4, -0.2) is 50.9 Å². The zero-order chi connectivity index (χ0) is 29.4. The van der Waals surface area contributed by atoms with Crippen molar-refractivity contribution in [2.75, 3.05) is 18.0 Å². The number of rotatable bonds is 12. The van der Waals surface area contributed by atoms with Gasteiger partial charge < -0.3 is 15.0 Å². The molecule has 3 aromatic rings. The van der Waals surface area contributed by atoms with Gasteiger partial charge in [0.2, 0.25) is 11.8 Å². The first-order chi connectivity index (χ1) is 19.0. The fourth-order valence-corrected chi connectivity index (χ4v) is 5.78. The number of anilines is 1. The van der Waals surface area contributed by atoms with Gasteiger partial charge in [0.25, 0.3) is 10.0 Å². The van der Waals surface area contributed by atoms with Crippen LogP contribution in [0.15, 0.2) is 77.7 Å². The summed E-state index contributed by atoms with van der Waals surface area (Å²) in [6, 6.07) is 19.0. The minimum atomic E-state index is -4.17. The first kappa shape index (κ1) is 31.0. The average Bonchev–Trinajstić information content (AvgIpc) is 2.96. The highest BCUT2D eigenvalue weighted by molar-refractivity contribution is 7.92. The summed E-state index contributed by atoms with van der Waals surface area (Å²) in [5, 5.41) is 3.29. The molecule has 0 aliphatic rings. The van der Waals surface area contributed by atoms with Crippen molar-refractivity contribution in [3.8, 4) is 5.75 Å². The Hall–Kier alpha value is -3.56. The van der Waals surface area contributed by atoms with Gasteiger partial charge in [-0.25, -0.2) is 8.42 Å². The van der Waals surface area contributed by atoms with Gasteiger partial charge in [-0.1, -0.05) is 54.9 Å². The molecule has 2 amide bonds. The fraction of sp³-hybridized carbons (Fsp3) is 0.333. The molecule has 3 rings (SSSR count). The van der Waals surface area contributed by atoms with Crippen LogP contribution in [0.2, 0.25) is 5.02 Å². The molecule has 0 aromatic heterocycles. The van der Waals surface area contributed by atoms with Crippen molar-refractivity contribution in [2.24, 2.45) is 0 Å². The molecule has 0 aliphatic heterocycles. The number of hydrogen-bond acceptors (Lipinski definition) is 5. The number of hydrogen-bond donors (Lipinski definition) is 1. The van der Waals surface area contributed by atoms with Gasteiger partial charge in [-0.3, -0.25) is 13.9 Å². The summed E-state index contributed by atoms with van der Waals surface area (Å²) < 4.78 is 34.2. The van der Waals surface area contributed by atoms with Gasteiger partial charge in [-0.2, -0.15) is 0 Å². The lowest BCUT2D eigenvalue weighted by Crippen LogP contribution is -2.52. The summed E-state index contributed by atoms with van der Waals surface area (Å²) in [5.41, 5.74) is 1.52. The molecule has 0 saturated heterocycles. The van der Waals surface area contributed by atoms with E-state index in [1.165, 1.54) is 17.0 Å². The van der Waals surface area contributed by atoms with Gasteiger partial charge in [0.1, 0.15) is 18.3 Å². The van der Waals surface area contributed by atoms with Gasteiger partial charge >= 0.3 is 0 Å². The first-order valence-corrected chi connectivity index (χ1v) is 14.9. The number of sulfonamides is 1. The molecule has 0 heterocycles. The van der Waals surface area contributed by atoms with Crippen LogP contribution in [0.4, 0.5) is 5.69 Å². The zero-order valence-corrected chi connectivity index (χ0v) is 25.0. The monoisotopic (exact) mass is 585 g/mol. The number of nitrogens with zero attached hydrogens (tertiary/aromatic N) is 2. The van der Waals surface area contributed by atoms with E-state index >= 15 is 0 Å². The van der Waals surface area contributed by atoms with Crippen molar-refractivity contribution >= 4 is 39.1 Å². The summed E-state index contributed by atoms with van der Waals surface area (Å²) in [5.74, 6) is -0.278. The third kappa shape index (κ3) is 7.34. The second-order valence-electron chi connectivity index (χ2n) is 9.58. The summed E-state index contributed by atoms with van der Waals surface area (Å²) in [7, 11) is -2.62. The minimum Gasteiger partial charge on any atom is -0.497 e. The maximum atomic E-state index is 14.0. The van der Waals surface area contributed by atoms with Crippen LogP contribution in [0.1, 0.15) is 38.3 Å². The van der Waals surface area contributed by atoms with Crippen molar-refractivity contribution in [1.29, 1.82) is 0 Å². The summed E-state index contributed by atoms with van der Waals surface area (Å²) >= 11 is 6.36. The van der Waals surface area contributed by atoms with Crippen LogP contribution in [-0.2, 0) is 26.2 Å². The van der Waals surface area contributed by atoms with E-state index < -0.39 is 28.5 Å². The van der Waals surface area contributed by atoms with E-state index in [0.717, 1.165) is 16.3 Å². The minimum absolute atomic E-state index is 0.0316.